The Labute approximate surface area is 143 Å². The molecule has 0 saturated carbocycles. The highest BCUT2D eigenvalue weighted by Gasteiger charge is 2.03. The Morgan fingerprint density at radius 3 is 2.79 bits per heavy atom. The second kappa shape index (κ2) is 7.57. The van der Waals surface area contributed by atoms with E-state index in [0.717, 1.165) is 32.6 Å². The van der Waals surface area contributed by atoms with Crippen LogP contribution in [0.5, 0.6) is 5.75 Å². The average Bonchev–Trinajstić information content (AvgIpc) is 2.99. The maximum Gasteiger partial charge on any atom is 0.328 e. The van der Waals surface area contributed by atoms with Gasteiger partial charge in [0.05, 0.1) is 10.2 Å². The third kappa shape index (κ3) is 4.30. The van der Waals surface area contributed by atoms with Crippen LogP contribution in [0.15, 0.2) is 66.8 Å². The molecule has 0 amide bonds. The van der Waals surface area contributed by atoms with E-state index in [1.54, 1.807) is 12.2 Å². The second-order valence-electron chi connectivity index (χ2n) is 5.01. The lowest BCUT2D eigenvalue weighted by atomic mass is 10.2. The predicted octanol–water partition coefficient (Wildman–Crippen LogP) is 4.53. The van der Waals surface area contributed by atoms with Crippen LogP contribution in [0.4, 0.5) is 0 Å². The number of ether oxygens (including phenoxy) is 1. The second-order valence-corrected chi connectivity index (χ2v) is 6.07. The summed E-state index contributed by atoms with van der Waals surface area (Å²) in [6.07, 6.45) is 6.01. The van der Waals surface area contributed by atoms with Gasteiger partial charge in [0.15, 0.2) is 0 Å². The van der Waals surface area contributed by atoms with Crippen molar-refractivity contribution in [3.63, 3.8) is 0 Å². The Kier molecular flexibility index (Phi) is 5.03. The maximum absolute atomic E-state index is 10.4. The van der Waals surface area contributed by atoms with E-state index < -0.39 is 5.97 Å². The number of hydrogen-bond acceptors (Lipinski definition) is 4. The van der Waals surface area contributed by atoms with Gasteiger partial charge >= 0.3 is 5.97 Å². The van der Waals surface area contributed by atoms with Crippen LogP contribution in [0.3, 0.4) is 0 Å². The molecule has 0 fully saturated rings. The summed E-state index contributed by atoms with van der Waals surface area (Å²) in [5.74, 6) is -0.166. The number of benzene rings is 2. The van der Waals surface area contributed by atoms with Gasteiger partial charge in [-0.1, -0.05) is 42.5 Å². The fraction of sp³-hybridized carbons (Fsp3) is 0.0526. The Hall–Kier alpha value is -2.92. The number of carbonyl (C=O) groups is 1. The van der Waals surface area contributed by atoms with Gasteiger partial charge in [0.2, 0.25) is 0 Å². The van der Waals surface area contributed by atoms with E-state index in [-0.39, 0.29) is 0 Å². The van der Waals surface area contributed by atoms with E-state index in [2.05, 4.69) is 4.98 Å². The van der Waals surface area contributed by atoms with Gasteiger partial charge in [-0.3, -0.25) is 0 Å². The number of fused-ring (bicyclic) bond motifs is 1. The molecule has 0 aliphatic rings. The summed E-state index contributed by atoms with van der Waals surface area (Å²) in [5.41, 5.74) is 2.02. The smallest absolute Gasteiger partial charge is 0.328 e. The zero-order valence-corrected chi connectivity index (χ0v) is 13.6. The molecule has 0 saturated heterocycles. The molecule has 1 heterocycles. The summed E-state index contributed by atoms with van der Waals surface area (Å²) in [4.78, 5) is 14.9. The molecule has 2 aromatic carbocycles. The summed E-state index contributed by atoms with van der Waals surface area (Å²) in [7, 11) is 0. The first-order valence-corrected chi connectivity index (χ1v) is 8.17. The van der Waals surface area contributed by atoms with Gasteiger partial charge < -0.3 is 9.84 Å². The van der Waals surface area contributed by atoms with E-state index in [1.165, 1.54) is 17.4 Å². The van der Waals surface area contributed by atoms with Crippen LogP contribution < -0.4 is 4.74 Å². The lowest BCUT2D eigenvalue weighted by molar-refractivity contribution is -0.131. The van der Waals surface area contributed by atoms with Crippen molar-refractivity contribution in [1.29, 1.82) is 0 Å². The molecule has 0 atom stereocenters. The van der Waals surface area contributed by atoms with Gasteiger partial charge in [0, 0.05) is 6.08 Å². The highest BCUT2D eigenvalue weighted by atomic mass is 32.1. The highest BCUT2D eigenvalue weighted by Crippen LogP contribution is 2.27. The number of rotatable bonds is 6. The molecule has 120 valence electrons. The van der Waals surface area contributed by atoms with E-state index in [1.807, 2.05) is 48.5 Å². The summed E-state index contributed by atoms with van der Waals surface area (Å²) in [6.45, 7) is 0.526. The largest absolute Gasteiger partial charge is 0.489 e. The molecular formula is C19H15NO3S. The van der Waals surface area contributed by atoms with E-state index in [0.29, 0.717) is 6.61 Å². The SMILES string of the molecule is O=C(O)/C=C/C=C/c1nc2ccc(OCc3ccccc3)cc2s1. The molecule has 1 aromatic heterocycles. The van der Waals surface area contributed by atoms with Gasteiger partial charge in [-0.25, -0.2) is 9.78 Å². The number of nitrogens with zero attached hydrogens (tertiary/aromatic N) is 1. The van der Waals surface area contributed by atoms with E-state index in [4.69, 9.17) is 9.84 Å². The van der Waals surface area contributed by atoms with Gasteiger partial charge in [0.1, 0.15) is 17.4 Å². The summed E-state index contributed by atoms with van der Waals surface area (Å²) < 4.78 is 6.85. The average molecular weight is 337 g/mol. The van der Waals surface area contributed by atoms with Gasteiger partial charge in [-0.15, -0.1) is 11.3 Å². The topological polar surface area (TPSA) is 59.4 Å². The lowest BCUT2D eigenvalue weighted by Gasteiger charge is -2.05. The third-order valence-electron chi connectivity index (χ3n) is 3.21. The van der Waals surface area contributed by atoms with Gasteiger partial charge in [-0.05, 0) is 29.8 Å². The number of aliphatic carboxylic acids is 1. The van der Waals surface area contributed by atoms with Gasteiger partial charge in [0.25, 0.3) is 0 Å². The minimum Gasteiger partial charge on any atom is -0.489 e. The number of thiazole rings is 1. The first kappa shape index (κ1) is 16.0. The monoisotopic (exact) mass is 337 g/mol. The van der Waals surface area contributed by atoms with Crippen LogP contribution in [-0.4, -0.2) is 16.1 Å². The van der Waals surface area contributed by atoms with Crippen molar-refractivity contribution in [2.45, 2.75) is 6.61 Å². The van der Waals surface area contributed by atoms with Crippen molar-refractivity contribution in [2.75, 3.05) is 0 Å². The fourth-order valence-corrected chi connectivity index (χ4v) is 3.01. The Morgan fingerprint density at radius 1 is 1.17 bits per heavy atom. The molecule has 24 heavy (non-hydrogen) atoms. The molecule has 4 nitrogen and oxygen atoms in total. The number of carboxylic acid groups (broad SMARTS) is 1. The van der Waals surface area contributed by atoms with E-state index >= 15 is 0 Å². The van der Waals surface area contributed by atoms with Crippen molar-refractivity contribution in [2.24, 2.45) is 0 Å². The number of allylic oxidation sites excluding steroid dienone is 2. The standard InChI is InChI=1S/C19H15NO3S/c21-19(22)9-5-4-8-18-20-16-11-10-15(12-17(16)24-18)23-13-14-6-2-1-3-7-14/h1-12H,13H2,(H,21,22)/b8-4+,9-5+. The predicted molar refractivity (Wildman–Crippen MR) is 96.2 cm³/mol. The van der Waals surface area contributed by atoms with Crippen molar-refractivity contribution < 1.29 is 14.6 Å². The Morgan fingerprint density at radius 2 is 2.00 bits per heavy atom. The lowest BCUT2D eigenvalue weighted by Crippen LogP contribution is -1.94. The molecule has 0 aliphatic heterocycles. The molecule has 0 unspecified atom stereocenters. The highest BCUT2D eigenvalue weighted by molar-refractivity contribution is 7.19. The van der Waals surface area contributed by atoms with Crippen molar-refractivity contribution in [1.82, 2.24) is 4.98 Å². The minimum atomic E-state index is -0.968. The zero-order valence-electron chi connectivity index (χ0n) is 12.8. The summed E-state index contributed by atoms with van der Waals surface area (Å²) in [6, 6.07) is 15.8. The Balaban J connectivity index is 1.70. The van der Waals surface area contributed by atoms with Crippen LogP contribution in [0.25, 0.3) is 16.3 Å². The molecule has 0 bridgehead atoms. The number of carboxylic acids is 1. The van der Waals surface area contributed by atoms with Crippen molar-refractivity contribution >= 4 is 33.6 Å². The summed E-state index contributed by atoms with van der Waals surface area (Å²) >= 11 is 1.53. The number of aromatic nitrogens is 1. The maximum atomic E-state index is 10.4. The van der Waals surface area contributed by atoms with Crippen LogP contribution in [0.1, 0.15) is 10.6 Å². The molecular weight excluding hydrogens is 322 g/mol. The molecule has 3 aromatic rings. The van der Waals surface area contributed by atoms with Crippen molar-refractivity contribution in [3.05, 3.63) is 77.3 Å². The minimum absolute atomic E-state index is 0.526. The quantitative estimate of drug-likeness (QED) is 0.530. The zero-order chi connectivity index (χ0) is 16.8. The summed E-state index contributed by atoms with van der Waals surface area (Å²) in [5, 5.41) is 9.36. The number of hydrogen-bond donors (Lipinski definition) is 1. The first-order chi connectivity index (χ1) is 11.7. The van der Waals surface area contributed by atoms with Crippen molar-refractivity contribution in [3.8, 4) is 5.75 Å². The third-order valence-corrected chi connectivity index (χ3v) is 4.20. The Bertz CT molecular complexity index is 897. The molecule has 0 aliphatic carbocycles. The van der Waals surface area contributed by atoms with Crippen LogP contribution >= 0.6 is 11.3 Å². The molecule has 0 radical (unpaired) electrons. The molecule has 1 N–H and O–H groups in total. The van der Waals surface area contributed by atoms with E-state index in [9.17, 15) is 4.79 Å². The molecule has 0 spiro atoms. The van der Waals surface area contributed by atoms with Crippen LogP contribution in [0, 0.1) is 0 Å². The van der Waals surface area contributed by atoms with Gasteiger partial charge in [-0.2, -0.15) is 0 Å². The fourth-order valence-electron chi connectivity index (χ4n) is 2.10. The molecule has 3 rings (SSSR count). The normalized spacial score (nSPS) is 11.5. The molecule has 5 heteroatoms. The van der Waals surface area contributed by atoms with Crippen LogP contribution in [-0.2, 0) is 11.4 Å². The van der Waals surface area contributed by atoms with Crippen LogP contribution in [0.2, 0.25) is 0 Å². The first-order valence-electron chi connectivity index (χ1n) is 7.36.